The third-order valence-electron chi connectivity index (χ3n) is 2.77. The molecule has 0 amide bonds. The van der Waals surface area contributed by atoms with Crippen LogP contribution in [0.25, 0.3) is 0 Å². The summed E-state index contributed by atoms with van der Waals surface area (Å²) in [5, 5.41) is 9.94. The number of piperidine rings is 1. The van der Waals surface area contributed by atoms with E-state index in [0.717, 1.165) is 31.8 Å². The molecule has 1 aliphatic heterocycles. The van der Waals surface area contributed by atoms with Crippen molar-refractivity contribution in [3.8, 4) is 0 Å². The molecule has 2 N–H and O–H groups in total. The van der Waals surface area contributed by atoms with Gasteiger partial charge in [0.05, 0.1) is 0 Å². The van der Waals surface area contributed by atoms with Crippen molar-refractivity contribution in [2.75, 3.05) is 13.1 Å². The summed E-state index contributed by atoms with van der Waals surface area (Å²) >= 11 is 0. The van der Waals surface area contributed by atoms with E-state index in [1.165, 1.54) is 0 Å². The average Bonchev–Trinajstić information content (AvgIpc) is 2.61. The third kappa shape index (κ3) is 1.59. The van der Waals surface area contributed by atoms with Crippen molar-refractivity contribution in [2.24, 2.45) is 0 Å². The minimum atomic E-state index is -0.0897. The molecule has 1 aliphatic rings. The third-order valence-corrected chi connectivity index (χ3v) is 2.77. The summed E-state index contributed by atoms with van der Waals surface area (Å²) in [5.41, 5.74) is -0.0897. The Morgan fingerprint density at radius 2 is 2.50 bits per heavy atom. The summed E-state index contributed by atoms with van der Waals surface area (Å²) in [6, 6.07) is 0. The second kappa shape index (κ2) is 3.96. The molecule has 1 aromatic heterocycles. The molecule has 0 aliphatic carbocycles. The lowest BCUT2D eigenvalue weighted by molar-refractivity contribution is 0.432. The minimum absolute atomic E-state index is 0.0897. The second-order valence-electron chi connectivity index (χ2n) is 3.67. The molecule has 0 aromatic carbocycles. The summed E-state index contributed by atoms with van der Waals surface area (Å²) < 4.78 is 1.72. The SMILES string of the molecule is CCn1c(C2CCCNC2)n[nH]c1=O. The van der Waals surface area contributed by atoms with Gasteiger partial charge >= 0.3 is 5.69 Å². The molecule has 78 valence electrons. The minimum Gasteiger partial charge on any atom is -0.316 e. The quantitative estimate of drug-likeness (QED) is 0.703. The molecule has 2 rings (SSSR count). The van der Waals surface area contributed by atoms with Gasteiger partial charge in [-0.3, -0.25) is 4.57 Å². The van der Waals surface area contributed by atoms with Crippen LogP contribution in [0.4, 0.5) is 0 Å². The van der Waals surface area contributed by atoms with E-state index < -0.39 is 0 Å². The Bertz CT molecular complexity index is 348. The van der Waals surface area contributed by atoms with E-state index in [0.29, 0.717) is 12.5 Å². The van der Waals surface area contributed by atoms with E-state index in [2.05, 4.69) is 15.5 Å². The van der Waals surface area contributed by atoms with E-state index >= 15 is 0 Å². The number of aromatic nitrogens is 3. The standard InChI is InChI=1S/C9H16N4O/c1-2-13-8(11-12-9(13)14)7-4-3-5-10-6-7/h7,10H,2-6H2,1H3,(H,12,14). The zero-order valence-electron chi connectivity index (χ0n) is 8.42. The smallest absolute Gasteiger partial charge is 0.316 e. The summed E-state index contributed by atoms with van der Waals surface area (Å²) in [5.74, 6) is 1.30. The highest BCUT2D eigenvalue weighted by Gasteiger charge is 2.20. The van der Waals surface area contributed by atoms with Crippen molar-refractivity contribution < 1.29 is 0 Å². The van der Waals surface area contributed by atoms with Crippen LogP contribution in [0.2, 0.25) is 0 Å². The first kappa shape index (κ1) is 9.45. The number of aromatic amines is 1. The van der Waals surface area contributed by atoms with E-state index in [-0.39, 0.29) is 5.69 Å². The molecule has 0 saturated carbocycles. The molecular weight excluding hydrogens is 180 g/mol. The maximum atomic E-state index is 11.3. The van der Waals surface area contributed by atoms with Crippen LogP contribution in [0.1, 0.15) is 31.5 Å². The molecule has 1 unspecified atom stereocenters. The number of hydrogen-bond donors (Lipinski definition) is 2. The zero-order valence-corrected chi connectivity index (χ0v) is 8.42. The molecule has 5 nitrogen and oxygen atoms in total. The van der Waals surface area contributed by atoms with Crippen LogP contribution in [0, 0.1) is 0 Å². The lowest BCUT2D eigenvalue weighted by Gasteiger charge is -2.21. The summed E-state index contributed by atoms with van der Waals surface area (Å²) in [6.07, 6.45) is 2.28. The van der Waals surface area contributed by atoms with Crippen LogP contribution >= 0.6 is 0 Å². The molecule has 1 fully saturated rings. The highest BCUT2D eigenvalue weighted by molar-refractivity contribution is 4.99. The van der Waals surface area contributed by atoms with E-state index in [1.54, 1.807) is 4.57 Å². The van der Waals surface area contributed by atoms with Crippen molar-refractivity contribution in [3.05, 3.63) is 16.3 Å². The highest BCUT2D eigenvalue weighted by atomic mass is 16.1. The predicted molar refractivity (Wildman–Crippen MR) is 53.4 cm³/mol. The summed E-state index contributed by atoms with van der Waals surface area (Å²) in [6.45, 7) is 4.68. The second-order valence-corrected chi connectivity index (χ2v) is 3.67. The van der Waals surface area contributed by atoms with Crippen LogP contribution in [0.5, 0.6) is 0 Å². The van der Waals surface area contributed by atoms with Crippen molar-refractivity contribution in [3.63, 3.8) is 0 Å². The first-order valence-electron chi connectivity index (χ1n) is 5.18. The number of nitrogens with zero attached hydrogens (tertiary/aromatic N) is 2. The number of hydrogen-bond acceptors (Lipinski definition) is 3. The maximum absolute atomic E-state index is 11.3. The molecule has 2 heterocycles. The van der Waals surface area contributed by atoms with E-state index in [1.807, 2.05) is 6.92 Å². The van der Waals surface area contributed by atoms with Crippen LogP contribution in [-0.2, 0) is 6.54 Å². The van der Waals surface area contributed by atoms with Gasteiger partial charge in [-0.2, -0.15) is 5.10 Å². The molecule has 1 atom stereocenters. The van der Waals surface area contributed by atoms with Gasteiger partial charge in [0.1, 0.15) is 5.82 Å². The average molecular weight is 196 g/mol. The molecule has 5 heteroatoms. The van der Waals surface area contributed by atoms with Crippen LogP contribution < -0.4 is 11.0 Å². The van der Waals surface area contributed by atoms with Gasteiger partial charge in [-0.05, 0) is 26.3 Å². The fraction of sp³-hybridized carbons (Fsp3) is 0.778. The molecular formula is C9H16N4O. The first-order valence-corrected chi connectivity index (χ1v) is 5.18. The van der Waals surface area contributed by atoms with Crippen LogP contribution in [0.3, 0.4) is 0 Å². The van der Waals surface area contributed by atoms with Crippen molar-refractivity contribution in [1.29, 1.82) is 0 Å². The number of nitrogens with one attached hydrogen (secondary N) is 2. The highest BCUT2D eigenvalue weighted by Crippen LogP contribution is 2.19. The number of H-pyrrole nitrogens is 1. The van der Waals surface area contributed by atoms with Crippen molar-refractivity contribution in [2.45, 2.75) is 32.2 Å². The molecule has 1 saturated heterocycles. The van der Waals surface area contributed by atoms with Gasteiger partial charge < -0.3 is 5.32 Å². The van der Waals surface area contributed by atoms with Gasteiger partial charge in [0.2, 0.25) is 0 Å². The Labute approximate surface area is 82.5 Å². The Morgan fingerprint density at radius 1 is 1.64 bits per heavy atom. The topological polar surface area (TPSA) is 62.7 Å². The normalized spacial score (nSPS) is 22.5. The molecule has 0 spiro atoms. The van der Waals surface area contributed by atoms with Gasteiger partial charge in [-0.1, -0.05) is 0 Å². The fourth-order valence-electron chi connectivity index (χ4n) is 2.02. The Morgan fingerprint density at radius 3 is 3.14 bits per heavy atom. The van der Waals surface area contributed by atoms with Crippen LogP contribution in [0.15, 0.2) is 4.79 Å². The maximum Gasteiger partial charge on any atom is 0.343 e. The van der Waals surface area contributed by atoms with Gasteiger partial charge in [-0.15, -0.1) is 0 Å². The van der Waals surface area contributed by atoms with E-state index in [4.69, 9.17) is 0 Å². The molecule has 0 radical (unpaired) electrons. The predicted octanol–water partition coefficient (Wildman–Crippen LogP) is 0.0583. The van der Waals surface area contributed by atoms with Gasteiger partial charge in [0, 0.05) is 19.0 Å². The van der Waals surface area contributed by atoms with Crippen molar-refractivity contribution >= 4 is 0 Å². The monoisotopic (exact) mass is 196 g/mol. The van der Waals surface area contributed by atoms with Crippen LogP contribution in [-0.4, -0.2) is 27.9 Å². The largest absolute Gasteiger partial charge is 0.343 e. The Kier molecular flexibility index (Phi) is 2.67. The van der Waals surface area contributed by atoms with Crippen molar-refractivity contribution in [1.82, 2.24) is 20.1 Å². The van der Waals surface area contributed by atoms with Gasteiger partial charge in [-0.25, -0.2) is 9.89 Å². The fourth-order valence-corrected chi connectivity index (χ4v) is 2.02. The molecule has 0 bridgehead atoms. The Hall–Kier alpha value is -1.10. The lowest BCUT2D eigenvalue weighted by atomic mass is 9.99. The lowest BCUT2D eigenvalue weighted by Crippen LogP contribution is -2.31. The summed E-state index contributed by atoms with van der Waals surface area (Å²) in [4.78, 5) is 11.3. The molecule has 14 heavy (non-hydrogen) atoms. The van der Waals surface area contributed by atoms with E-state index in [9.17, 15) is 4.79 Å². The first-order chi connectivity index (χ1) is 6.83. The van der Waals surface area contributed by atoms with Gasteiger partial charge in [0.15, 0.2) is 0 Å². The number of rotatable bonds is 2. The Balaban J connectivity index is 2.25. The summed E-state index contributed by atoms with van der Waals surface area (Å²) in [7, 11) is 0. The van der Waals surface area contributed by atoms with Gasteiger partial charge in [0.25, 0.3) is 0 Å². The zero-order chi connectivity index (χ0) is 9.97. The molecule has 1 aromatic rings.